The van der Waals surface area contributed by atoms with Crippen molar-refractivity contribution in [2.45, 2.75) is 174 Å². The van der Waals surface area contributed by atoms with Gasteiger partial charge >= 0.3 is 19.8 Å². The molecule has 0 saturated carbocycles. The Morgan fingerprint density at radius 1 is 0.611 bits per heavy atom. The third-order valence-corrected chi connectivity index (χ3v) is 9.41. The van der Waals surface area contributed by atoms with E-state index in [1.807, 2.05) is 12.2 Å². The van der Waals surface area contributed by atoms with Crippen molar-refractivity contribution in [1.82, 2.24) is 0 Å². The van der Waals surface area contributed by atoms with E-state index in [2.05, 4.69) is 42.7 Å². The highest BCUT2D eigenvalue weighted by molar-refractivity contribution is 7.47. The summed E-state index contributed by atoms with van der Waals surface area (Å²) in [4.78, 5) is 47.0. The van der Waals surface area contributed by atoms with Crippen molar-refractivity contribution < 1.29 is 52.6 Å². The van der Waals surface area contributed by atoms with Crippen molar-refractivity contribution >= 4 is 25.5 Å². The van der Waals surface area contributed by atoms with Crippen LogP contribution in [0.15, 0.2) is 48.6 Å². The van der Waals surface area contributed by atoms with Gasteiger partial charge in [-0.1, -0.05) is 146 Å². The maximum absolute atomic E-state index is 12.6. The van der Waals surface area contributed by atoms with Crippen LogP contribution in [0.2, 0.25) is 0 Å². The highest BCUT2D eigenvalue weighted by Crippen LogP contribution is 2.43. The molecule has 0 heterocycles. The van der Waals surface area contributed by atoms with E-state index in [9.17, 15) is 28.9 Å². The predicted molar refractivity (Wildman–Crippen MR) is 215 cm³/mol. The molecule has 3 atom stereocenters. The number of carbonyl (C=O) groups is 3. The first kappa shape index (κ1) is 51.6. The van der Waals surface area contributed by atoms with E-state index in [-0.39, 0.29) is 31.5 Å². The Labute approximate surface area is 326 Å². The number of hydrogen-bond acceptors (Lipinski definition) is 10. The van der Waals surface area contributed by atoms with Gasteiger partial charge < -0.3 is 24.6 Å². The summed E-state index contributed by atoms with van der Waals surface area (Å²) in [6.45, 7) is 2.06. The lowest BCUT2D eigenvalue weighted by Crippen LogP contribution is -2.29. The Morgan fingerprint density at radius 3 is 1.78 bits per heavy atom. The van der Waals surface area contributed by atoms with Crippen molar-refractivity contribution in [1.29, 1.82) is 0 Å². The fourth-order valence-electron chi connectivity index (χ4n) is 5.24. The molecular weight excluding hydrogens is 711 g/mol. The molecule has 54 heavy (non-hydrogen) atoms. The molecule has 0 saturated heterocycles. The average molecular weight is 785 g/mol. The number of hydrogen-bond donors (Lipinski definition) is 3. The summed E-state index contributed by atoms with van der Waals surface area (Å²) in [5, 5.41) is 18.3. The van der Waals surface area contributed by atoms with Crippen LogP contribution in [0, 0.1) is 0 Å². The molecule has 0 spiro atoms. The molecule has 11 nitrogen and oxygen atoms in total. The van der Waals surface area contributed by atoms with Crippen LogP contribution in [0.3, 0.4) is 0 Å². The smallest absolute Gasteiger partial charge is 0.462 e. The Hall–Kier alpha value is -2.40. The number of ketones is 1. The molecule has 0 fully saturated rings. The maximum Gasteiger partial charge on any atom is 0.472 e. The van der Waals surface area contributed by atoms with Crippen LogP contribution in [0.4, 0.5) is 0 Å². The van der Waals surface area contributed by atoms with E-state index in [4.69, 9.17) is 19.1 Å². The second kappa shape index (κ2) is 37.5. The van der Waals surface area contributed by atoms with Gasteiger partial charge in [0.25, 0.3) is 0 Å². The fourth-order valence-corrected chi connectivity index (χ4v) is 6.03. The standard InChI is InChI=1S/C42H73O11P/c1-3-5-7-9-11-13-15-17-19-21-23-25-27-30-38(44)31-29-33-41(46)50-36-40(37-52-54(48,49)51-35-39(45)34-43)53-42(47)32-28-26-24-22-20-18-16-14-12-10-8-6-4-2/h11,13,17,19,23,25,27,30,39-40,43,45H,3-10,12,14-16,18,20-22,24,26,28-29,31-37H2,1-2H3,(H,48,49)/b13-11-,19-17-,25-23-,30-27+/t39-,40+/m0/s1. The van der Waals surface area contributed by atoms with Gasteiger partial charge in [-0.25, -0.2) is 4.57 Å². The van der Waals surface area contributed by atoms with Crippen molar-refractivity contribution in [3.05, 3.63) is 48.6 Å². The first-order valence-corrected chi connectivity index (χ1v) is 22.0. The Balaban J connectivity index is 4.53. The molecule has 1 unspecified atom stereocenters. The van der Waals surface area contributed by atoms with Gasteiger partial charge in [-0.3, -0.25) is 23.4 Å². The normalized spacial score (nSPS) is 14.3. The first-order chi connectivity index (χ1) is 26.1. The Kier molecular flexibility index (Phi) is 35.9. The molecule has 0 bridgehead atoms. The molecule has 0 amide bonds. The molecule has 0 aromatic heterocycles. The van der Waals surface area contributed by atoms with Crippen LogP contribution in [-0.4, -0.2) is 71.5 Å². The highest BCUT2D eigenvalue weighted by Gasteiger charge is 2.27. The second-order valence-corrected chi connectivity index (χ2v) is 15.2. The topological polar surface area (TPSA) is 166 Å². The van der Waals surface area contributed by atoms with E-state index in [0.717, 1.165) is 38.5 Å². The number of aliphatic hydroxyl groups excluding tert-OH is 2. The SMILES string of the molecule is CCCCC/C=C\C/C=C\C/C=C\C=C\C(=O)CCCC(=O)OC[C@H](COP(=O)(O)OC[C@@H](O)CO)OC(=O)CCCCCCCCCCCCCCC. The van der Waals surface area contributed by atoms with E-state index in [1.165, 1.54) is 83.1 Å². The van der Waals surface area contributed by atoms with Gasteiger partial charge in [-0.05, 0) is 44.6 Å². The predicted octanol–water partition coefficient (Wildman–Crippen LogP) is 9.73. The van der Waals surface area contributed by atoms with Gasteiger partial charge in [0.2, 0.25) is 0 Å². The van der Waals surface area contributed by atoms with Crippen LogP contribution in [0.5, 0.6) is 0 Å². The number of carbonyl (C=O) groups excluding carboxylic acids is 3. The van der Waals surface area contributed by atoms with Gasteiger partial charge in [0.05, 0.1) is 19.8 Å². The van der Waals surface area contributed by atoms with Crippen LogP contribution < -0.4 is 0 Å². The molecule has 12 heteroatoms. The van der Waals surface area contributed by atoms with E-state index in [1.54, 1.807) is 6.08 Å². The van der Waals surface area contributed by atoms with E-state index in [0.29, 0.717) is 6.42 Å². The van der Waals surface area contributed by atoms with Crippen molar-refractivity contribution in [2.75, 3.05) is 26.4 Å². The zero-order valence-electron chi connectivity index (χ0n) is 33.4. The quantitative estimate of drug-likeness (QED) is 0.0136. The minimum absolute atomic E-state index is 0.0472. The minimum Gasteiger partial charge on any atom is -0.462 e. The number of phosphoric acid groups is 1. The maximum atomic E-state index is 12.6. The highest BCUT2D eigenvalue weighted by atomic mass is 31.2. The molecule has 3 N–H and O–H groups in total. The van der Waals surface area contributed by atoms with Crippen molar-refractivity contribution in [3.8, 4) is 0 Å². The fraction of sp³-hybridized carbons (Fsp3) is 0.738. The molecule has 0 aromatic carbocycles. The zero-order valence-corrected chi connectivity index (χ0v) is 34.3. The van der Waals surface area contributed by atoms with Gasteiger partial charge in [0, 0.05) is 19.3 Å². The summed E-state index contributed by atoms with van der Waals surface area (Å²) in [5.41, 5.74) is 0. The van der Waals surface area contributed by atoms with Crippen LogP contribution in [-0.2, 0) is 37.5 Å². The number of unbranched alkanes of at least 4 members (excludes halogenated alkanes) is 15. The van der Waals surface area contributed by atoms with Gasteiger partial charge in [-0.15, -0.1) is 0 Å². The van der Waals surface area contributed by atoms with E-state index >= 15 is 0 Å². The number of esters is 2. The average Bonchev–Trinajstić information content (AvgIpc) is 3.15. The molecule has 0 aliphatic carbocycles. The summed E-state index contributed by atoms with van der Waals surface area (Å²) in [7, 11) is -4.67. The van der Waals surface area contributed by atoms with Gasteiger partial charge in [0.1, 0.15) is 12.7 Å². The Morgan fingerprint density at radius 2 is 1.15 bits per heavy atom. The molecule has 0 radical (unpaired) electrons. The molecule has 0 aliphatic rings. The van der Waals surface area contributed by atoms with Crippen LogP contribution in [0.25, 0.3) is 0 Å². The second-order valence-electron chi connectivity index (χ2n) is 13.7. The van der Waals surface area contributed by atoms with Crippen LogP contribution >= 0.6 is 7.82 Å². The van der Waals surface area contributed by atoms with Crippen LogP contribution in [0.1, 0.15) is 162 Å². The number of phosphoric ester groups is 1. The zero-order chi connectivity index (χ0) is 40.0. The molecule has 0 aromatic rings. The number of allylic oxidation sites excluding steroid dienone is 8. The summed E-state index contributed by atoms with van der Waals surface area (Å²) in [6, 6.07) is 0. The molecular formula is C42H73O11P. The lowest BCUT2D eigenvalue weighted by molar-refractivity contribution is -0.161. The molecule has 0 aliphatic heterocycles. The monoisotopic (exact) mass is 784 g/mol. The lowest BCUT2D eigenvalue weighted by Gasteiger charge is -2.20. The summed E-state index contributed by atoms with van der Waals surface area (Å²) >= 11 is 0. The van der Waals surface area contributed by atoms with Crippen molar-refractivity contribution in [2.24, 2.45) is 0 Å². The third-order valence-electron chi connectivity index (χ3n) is 8.46. The summed E-state index contributed by atoms with van der Waals surface area (Å²) < 4.78 is 32.4. The Bertz CT molecular complexity index is 1100. The molecule has 0 rings (SSSR count). The number of rotatable bonds is 38. The third kappa shape index (κ3) is 36.6. The largest absolute Gasteiger partial charge is 0.472 e. The summed E-state index contributed by atoms with van der Waals surface area (Å²) in [5.74, 6) is -1.31. The number of ether oxygens (including phenoxy) is 2. The van der Waals surface area contributed by atoms with Gasteiger partial charge in [0.15, 0.2) is 11.9 Å². The number of aliphatic hydroxyl groups is 2. The van der Waals surface area contributed by atoms with Gasteiger partial charge in [-0.2, -0.15) is 0 Å². The lowest BCUT2D eigenvalue weighted by atomic mass is 10.0. The van der Waals surface area contributed by atoms with Crippen molar-refractivity contribution in [3.63, 3.8) is 0 Å². The summed E-state index contributed by atoms with van der Waals surface area (Å²) in [6.07, 6.45) is 35.1. The first-order valence-electron chi connectivity index (χ1n) is 20.5. The van der Waals surface area contributed by atoms with E-state index < -0.39 is 58.4 Å². The minimum atomic E-state index is -4.67. The molecule has 312 valence electrons.